The molecule has 1 atom stereocenters. The van der Waals surface area contributed by atoms with Crippen molar-refractivity contribution in [3.63, 3.8) is 0 Å². The highest BCUT2D eigenvalue weighted by molar-refractivity contribution is 9.10. The standard InChI is InChI=1S/C13H14BrN5/c1-3-16-9(2)10-4-5-12(11(14)6-10)19-8-17-13(7-15)18-19/h4-6,8-9,16H,3H2,1-2H3. The van der Waals surface area contributed by atoms with Crippen LogP contribution < -0.4 is 5.32 Å². The molecular weight excluding hydrogens is 306 g/mol. The fourth-order valence-corrected chi connectivity index (χ4v) is 2.41. The number of nitriles is 1. The van der Waals surface area contributed by atoms with Crippen molar-refractivity contribution < 1.29 is 0 Å². The highest BCUT2D eigenvalue weighted by Gasteiger charge is 2.09. The summed E-state index contributed by atoms with van der Waals surface area (Å²) in [6.07, 6.45) is 1.53. The minimum atomic E-state index is 0.164. The first-order chi connectivity index (χ1) is 9.15. The molecule has 0 aliphatic rings. The third kappa shape index (κ3) is 3.00. The number of nitrogens with one attached hydrogen (secondary N) is 1. The fourth-order valence-electron chi connectivity index (χ4n) is 1.83. The molecule has 1 unspecified atom stereocenters. The summed E-state index contributed by atoms with van der Waals surface area (Å²) < 4.78 is 2.51. The summed E-state index contributed by atoms with van der Waals surface area (Å²) in [6, 6.07) is 8.26. The molecule has 1 heterocycles. The van der Waals surface area contributed by atoms with Gasteiger partial charge in [0.25, 0.3) is 5.82 Å². The van der Waals surface area contributed by atoms with E-state index in [1.807, 2.05) is 18.2 Å². The molecule has 2 aromatic rings. The number of hydrogen-bond donors (Lipinski definition) is 1. The summed E-state index contributed by atoms with van der Waals surface area (Å²) in [7, 11) is 0. The van der Waals surface area contributed by atoms with E-state index in [0.29, 0.717) is 6.04 Å². The van der Waals surface area contributed by atoms with Gasteiger partial charge in [0.15, 0.2) is 0 Å². The van der Waals surface area contributed by atoms with Gasteiger partial charge in [0.2, 0.25) is 0 Å². The van der Waals surface area contributed by atoms with Crippen molar-refractivity contribution in [1.29, 1.82) is 5.26 Å². The van der Waals surface area contributed by atoms with Gasteiger partial charge in [-0.3, -0.25) is 0 Å². The Kier molecular flexibility index (Phi) is 4.30. The largest absolute Gasteiger partial charge is 0.310 e. The molecule has 0 aliphatic heterocycles. The van der Waals surface area contributed by atoms with Crippen molar-refractivity contribution in [2.24, 2.45) is 0 Å². The van der Waals surface area contributed by atoms with Gasteiger partial charge in [-0.1, -0.05) is 13.0 Å². The zero-order valence-corrected chi connectivity index (χ0v) is 12.3. The SMILES string of the molecule is CCNC(C)c1ccc(-n2cnc(C#N)n2)c(Br)c1. The third-order valence-corrected chi connectivity index (χ3v) is 3.46. The first-order valence-electron chi connectivity index (χ1n) is 6.00. The third-order valence-electron chi connectivity index (χ3n) is 2.82. The normalized spacial score (nSPS) is 12.1. The second-order valence-electron chi connectivity index (χ2n) is 4.11. The van der Waals surface area contributed by atoms with Crippen LogP contribution in [0.4, 0.5) is 0 Å². The number of rotatable bonds is 4. The summed E-state index contributed by atoms with van der Waals surface area (Å²) >= 11 is 3.54. The van der Waals surface area contributed by atoms with Crippen LogP contribution in [0.1, 0.15) is 31.3 Å². The Morgan fingerprint density at radius 1 is 1.53 bits per heavy atom. The van der Waals surface area contributed by atoms with Crippen molar-refractivity contribution in [1.82, 2.24) is 20.1 Å². The molecule has 1 aromatic carbocycles. The van der Waals surface area contributed by atoms with Crippen LogP contribution in [0.25, 0.3) is 5.69 Å². The van der Waals surface area contributed by atoms with Crippen LogP contribution in [0, 0.1) is 11.3 Å². The molecule has 2 rings (SSSR count). The highest BCUT2D eigenvalue weighted by Crippen LogP contribution is 2.24. The summed E-state index contributed by atoms with van der Waals surface area (Å²) in [6.45, 7) is 5.13. The zero-order chi connectivity index (χ0) is 13.8. The van der Waals surface area contributed by atoms with Crippen LogP contribution in [0.5, 0.6) is 0 Å². The average Bonchev–Trinajstić information content (AvgIpc) is 2.87. The molecular formula is C13H14BrN5. The number of aromatic nitrogens is 3. The fraction of sp³-hybridized carbons (Fsp3) is 0.308. The Bertz CT molecular complexity index is 614. The van der Waals surface area contributed by atoms with Crippen LogP contribution in [-0.4, -0.2) is 21.3 Å². The maximum absolute atomic E-state index is 8.73. The molecule has 1 aromatic heterocycles. The maximum Gasteiger partial charge on any atom is 0.252 e. The van der Waals surface area contributed by atoms with Gasteiger partial charge in [0, 0.05) is 10.5 Å². The first kappa shape index (κ1) is 13.7. The molecule has 0 amide bonds. The van der Waals surface area contributed by atoms with Crippen LogP contribution in [0.2, 0.25) is 0 Å². The first-order valence-corrected chi connectivity index (χ1v) is 6.80. The molecule has 0 spiro atoms. The van der Waals surface area contributed by atoms with Crippen molar-refractivity contribution in [3.8, 4) is 11.8 Å². The van der Waals surface area contributed by atoms with Crippen molar-refractivity contribution in [3.05, 3.63) is 40.4 Å². The summed E-state index contributed by atoms with van der Waals surface area (Å²) in [5.41, 5.74) is 2.06. The van der Waals surface area contributed by atoms with E-state index in [-0.39, 0.29) is 5.82 Å². The summed E-state index contributed by atoms with van der Waals surface area (Å²) in [4.78, 5) is 3.90. The Morgan fingerprint density at radius 2 is 2.32 bits per heavy atom. The molecule has 0 saturated heterocycles. The molecule has 0 radical (unpaired) electrons. The van der Waals surface area contributed by atoms with Gasteiger partial charge in [-0.05, 0) is 47.1 Å². The lowest BCUT2D eigenvalue weighted by Gasteiger charge is -2.14. The molecule has 0 bridgehead atoms. The van der Waals surface area contributed by atoms with E-state index in [1.54, 1.807) is 4.68 Å². The van der Waals surface area contributed by atoms with Gasteiger partial charge in [-0.15, -0.1) is 5.10 Å². The van der Waals surface area contributed by atoms with E-state index in [9.17, 15) is 0 Å². The number of nitrogens with zero attached hydrogens (tertiary/aromatic N) is 4. The molecule has 5 nitrogen and oxygen atoms in total. The van der Waals surface area contributed by atoms with Gasteiger partial charge in [-0.25, -0.2) is 9.67 Å². The van der Waals surface area contributed by atoms with Gasteiger partial charge >= 0.3 is 0 Å². The second-order valence-corrected chi connectivity index (χ2v) is 4.97. The summed E-state index contributed by atoms with van der Waals surface area (Å²) in [5, 5.41) is 16.2. The molecule has 98 valence electrons. The summed E-state index contributed by atoms with van der Waals surface area (Å²) in [5.74, 6) is 0.164. The topological polar surface area (TPSA) is 66.5 Å². The average molecular weight is 320 g/mol. The van der Waals surface area contributed by atoms with Crippen LogP contribution >= 0.6 is 15.9 Å². The minimum absolute atomic E-state index is 0.164. The van der Waals surface area contributed by atoms with E-state index < -0.39 is 0 Å². The molecule has 0 saturated carbocycles. The molecule has 1 N–H and O–H groups in total. The van der Waals surface area contributed by atoms with E-state index >= 15 is 0 Å². The smallest absolute Gasteiger partial charge is 0.252 e. The van der Waals surface area contributed by atoms with E-state index in [1.165, 1.54) is 11.9 Å². The maximum atomic E-state index is 8.73. The van der Waals surface area contributed by atoms with Gasteiger partial charge in [0.1, 0.15) is 12.4 Å². The lowest BCUT2D eigenvalue weighted by atomic mass is 10.1. The predicted octanol–water partition coefficient (Wildman–Crippen LogP) is 2.57. The monoisotopic (exact) mass is 319 g/mol. The Hall–Kier alpha value is -1.71. The molecule has 19 heavy (non-hydrogen) atoms. The van der Waals surface area contributed by atoms with Crippen molar-refractivity contribution in [2.45, 2.75) is 19.9 Å². The van der Waals surface area contributed by atoms with E-state index in [0.717, 1.165) is 16.7 Å². The van der Waals surface area contributed by atoms with Crippen LogP contribution in [-0.2, 0) is 0 Å². The lowest BCUT2D eigenvalue weighted by molar-refractivity contribution is 0.597. The van der Waals surface area contributed by atoms with Gasteiger partial charge in [-0.2, -0.15) is 5.26 Å². The van der Waals surface area contributed by atoms with E-state index in [4.69, 9.17) is 5.26 Å². The van der Waals surface area contributed by atoms with Crippen LogP contribution in [0.3, 0.4) is 0 Å². The highest BCUT2D eigenvalue weighted by atomic mass is 79.9. The van der Waals surface area contributed by atoms with Crippen molar-refractivity contribution in [2.75, 3.05) is 6.54 Å². The van der Waals surface area contributed by atoms with E-state index in [2.05, 4.69) is 51.2 Å². The molecule has 0 aliphatic carbocycles. The number of halogens is 1. The Labute approximate surface area is 120 Å². The second kappa shape index (κ2) is 5.95. The zero-order valence-electron chi connectivity index (χ0n) is 10.8. The Balaban J connectivity index is 2.31. The van der Waals surface area contributed by atoms with Gasteiger partial charge < -0.3 is 5.32 Å². The number of hydrogen-bond acceptors (Lipinski definition) is 4. The van der Waals surface area contributed by atoms with Gasteiger partial charge in [0.05, 0.1) is 5.69 Å². The predicted molar refractivity (Wildman–Crippen MR) is 75.9 cm³/mol. The minimum Gasteiger partial charge on any atom is -0.310 e. The van der Waals surface area contributed by atoms with Crippen LogP contribution in [0.15, 0.2) is 29.0 Å². The lowest BCUT2D eigenvalue weighted by Crippen LogP contribution is -2.17. The Morgan fingerprint density at radius 3 is 2.89 bits per heavy atom. The molecule has 0 fully saturated rings. The van der Waals surface area contributed by atoms with Crippen molar-refractivity contribution >= 4 is 15.9 Å². The number of benzene rings is 1. The molecule has 6 heteroatoms. The quantitative estimate of drug-likeness (QED) is 0.940.